The van der Waals surface area contributed by atoms with E-state index in [2.05, 4.69) is 268 Å². The lowest BCUT2D eigenvalue weighted by atomic mass is 9.82. The molecule has 0 amide bonds. The van der Waals surface area contributed by atoms with Crippen molar-refractivity contribution in [2.24, 2.45) is 143 Å². The molecule has 13 heteroatoms. The number of rotatable bonds is 51. The summed E-state index contributed by atoms with van der Waals surface area (Å²) in [6.45, 7) is 103. The predicted molar refractivity (Wildman–Crippen MR) is 571 cm³/mol. The van der Waals surface area contributed by atoms with Crippen LogP contribution in [0, 0.1) is 73.9 Å². The number of allylic oxidation sites excluding steroid dienone is 1. The Morgan fingerprint density at radius 1 is 0.275 bits per heavy atom. The number of unbranched alkanes of at least 4 members (excludes halogenated alkanes) is 11. The predicted octanol–water partition coefficient (Wildman–Crippen LogP) is 29.7. The van der Waals surface area contributed by atoms with Crippen molar-refractivity contribution in [3.8, 4) is 0 Å². The van der Waals surface area contributed by atoms with Gasteiger partial charge in [0.1, 0.15) is 0 Å². The third-order valence-corrected chi connectivity index (χ3v) is 21.0. The molecule has 25 N–H and O–H groups in total. The molecule has 0 aromatic carbocycles. The van der Waals surface area contributed by atoms with E-state index in [0.29, 0.717) is 56.4 Å². The standard InChI is InChI=1S/C11H24.C10H20.C9H21N.C9H20.C8H19N.3C7H17N.3C6H15N.2C5H13N.2C4H11N.C3H9N/c1-5-7-9-11(3,4)10-8-6-2;1-3-5-7-9-10-8-6-4-2;1-5-7-9(3,4)8-10-6-2;1-5-7-8-9(3,4)6-2;1-4-5-6-8(2,3)7-9;1-7(2)5-3-4-6-8;1-4-5-7(2,3)6-8;1-3-7(2)5-4-6-8;1-6(2)4-3-5-7;1-4-6(2,3)5-7;1-3-6(2)4-5-7;1-5(2)3-4-6;1-3-5(2)4-6;1-4(2)3-5;1-3-4(2)5;1-3(2)4/h5-10H2,1-4H3;3H,1,4-10H2,2H3;10H,5-8H2,1-4H3;5-8H2,1-4H3;4-7,9H2,1-3H3;7H,3-6,8H2,1-2H3;4-6,8H2,1-3H3;7H,3-6,8H2,1-2H3;6H,3-5,7H2,1-2H3;4-5,7H2,1-3H3;6H,3-5,7H2,1-2H3;2*5H,3-4,6H2,1-2H3;2*4H,3,5H2,1-2H3;3H,4H2,1-2H3. The zero-order valence-corrected chi connectivity index (χ0v) is 92.3. The Balaban J connectivity index is -0.0000000690. The van der Waals surface area contributed by atoms with Gasteiger partial charge in [-0.25, -0.2) is 0 Å². The van der Waals surface area contributed by atoms with Gasteiger partial charge < -0.3 is 74.1 Å². The van der Waals surface area contributed by atoms with Crippen LogP contribution in [0.25, 0.3) is 0 Å². The molecule has 0 aliphatic rings. The highest BCUT2D eigenvalue weighted by molar-refractivity contribution is 4.72. The van der Waals surface area contributed by atoms with Gasteiger partial charge in [0.25, 0.3) is 0 Å². The van der Waals surface area contributed by atoms with Crippen molar-refractivity contribution in [1.82, 2.24) is 5.32 Å². The van der Waals surface area contributed by atoms with Crippen LogP contribution in [0.1, 0.15) is 521 Å². The van der Waals surface area contributed by atoms with Gasteiger partial charge >= 0.3 is 0 Å². The fraction of sp³-hybridized carbons (Fsp3) is 0.981. The molecular formula is C107H257N13. The van der Waals surface area contributed by atoms with Crippen molar-refractivity contribution < 1.29 is 0 Å². The lowest BCUT2D eigenvalue weighted by Crippen LogP contribution is -2.28. The molecule has 0 heterocycles. The van der Waals surface area contributed by atoms with Gasteiger partial charge in [-0.05, 0) is 268 Å². The molecule has 13 nitrogen and oxygen atoms in total. The van der Waals surface area contributed by atoms with Crippen LogP contribution in [0.4, 0.5) is 0 Å². The van der Waals surface area contributed by atoms with Crippen molar-refractivity contribution in [3.63, 3.8) is 0 Å². The molecule has 0 rings (SSSR count). The normalized spacial score (nSPS) is 11.8. The largest absolute Gasteiger partial charge is 0.330 e. The Hall–Kier alpha value is -0.780. The maximum absolute atomic E-state index is 5.55. The molecule has 0 saturated heterocycles. The Morgan fingerprint density at radius 2 is 0.575 bits per heavy atom. The van der Waals surface area contributed by atoms with E-state index in [9.17, 15) is 0 Å². The van der Waals surface area contributed by atoms with Crippen molar-refractivity contribution in [2.45, 2.75) is 533 Å². The first-order valence-electron chi connectivity index (χ1n) is 51.5. The van der Waals surface area contributed by atoms with E-state index in [1.165, 1.54) is 231 Å². The molecule has 0 fully saturated rings. The second-order valence-corrected chi connectivity index (χ2v) is 41.4. The van der Waals surface area contributed by atoms with Crippen LogP contribution in [0.3, 0.4) is 0 Å². The van der Waals surface area contributed by atoms with Crippen LogP contribution in [0.2, 0.25) is 0 Å². The van der Waals surface area contributed by atoms with Crippen LogP contribution in [-0.2, 0) is 0 Å². The summed E-state index contributed by atoms with van der Waals surface area (Å²) in [7, 11) is 0. The maximum Gasteiger partial charge on any atom is 0.000781 e. The summed E-state index contributed by atoms with van der Waals surface area (Å²) in [6.07, 6.45) is 51.3. The van der Waals surface area contributed by atoms with Crippen molar-refractivity contribution in [3.05, 3.63) is 12.7 Å². The zero-order chi connectivity index (χ0) is 98.0. The molecule has 0 aliphatic heterocycles. The number of nitrogens with one attached hydrogen (secondary N) is 1. The molecule has 0 bridgehead atoms. The molecule has 0 radical (unpaired) electrons. The molecule has 0 aromatic rings. The first kappa shape index (κ1) is 156. The Labute approximate surface area is 767 Å². The summed E-state index contributed by atoms with van der Waals surface area (Å²) >= 11 is 0. The smallest absolute Gasteiger partial charge is 0.000781 e. The zero-order valence-electron chi connectivity index (χ0n) is 92.3. The minimum atomic E-state index is 0.333. The molecule has 0 saturated carbocycles. The van der Waals surface area contributed by atoms with E-state index in [1.807, 2.05) is 26.8 Å². The number of hydrogen-bond acceptors (Lipinski definition) is 13. The monoisotopic (exact) mass is 1730 g/mol. The summed E-state index contributed by atoms with van der Waals surface area (Å²) in [4.78, 5) is 0. The molecule has 4 unspecified atom stereocenters. The Kier molecular flexibility index (Phi) is 162. The van der Waals surface area contributed by atoms with Crippen molar-refractivity contribution >= 4 is 0 Å². The van der Waals surface area contributed by atoms with Crippen LogP contribution in [0.5, 0.6) is 0 Å². The summed E-state index contributed by atoms with van der Waals surface area (Å²) < 4.78 is 0. The van der Waals surface area contributed by atoms with E-state index in [4.69, 9.17) is 68.8 Å². The first-order valence-corrected chi connectivity index (χ1v) is 51.5. The fourth-order valence-electron chi connectivity index (χ4n) is 9.13. The lowest BCUT2D eigenvalue weighted by molar-refractivity contribution is 0.289. The van der Waals surface area contributed by atoms with Gasteiger partial charge in [0, 0.05) is 12.6 Å². The second kappa shape index (κ2) is 125. The fourth-order valence-corrected chi connectivity index (χ4v) is 9.13. The van der Waals surface area contributed by atoms with E-state index >= 15 is 0 Å². The summed E-state index contributed by atoms with van der Waals surface area (Å²) in [6, 6.07) is 0.718. The highest BCUT2D eigenvalue weighted by Crippen LogP contribution is 2.30. The molecule has 0 spiro atoms. The third kappa shape index (κ3) is 218. The summed E-state index contributed by atoms with van der Waals surface area (Å²) in [5.41, 5.74) is 66.6. The van der Waals surface area contributed by atoms with Crippen LogP contribution >= 0.6 is 0 Å². The third-order valence-electron chi connectivity index (χ3n) is 21.0. The highest BCUT2D eigenvalue weighted by atomic mass is 14.9. The second-order valence-electron chi connectivity index (χ2n) is 41.4. The lowest BCUT2D eigenvalue weighted by Gasteiger charge is -2.23. The van der Waals surface area contributed by atoms with E-state index < -0.39 is 0 Å². The van der Waals surface area contributed by atoms with E-state index in [1.54, 1.807) is 0 Å². The van der Waals surface area contributed by atoms with Crippen LogP contribution < -0.4 is 74.1 Å². The average Bonchev–Trinajstić information content (AvgIpc) is 0.951. The number of nitrogens with two attached hydrogens (primary N) is 12. The SMILES string of the molecule is C=CCCCCCCCC.CC(C)CCCCN.CC(C)CCCN.CC(C)CCN.CC(C)CN.CC(C)N.CCC(C)(C)CN.CCC(C)CCCN.CCC(C)CCN.CCC(C)CN.CCC(C)N.CCCC(C)(C)CN.CCCC(C)(C)CNCC.CCCCC(C)(C)CC.CCCCC(C)(C)CCCC.CCCCC(C)(C)CN. The average molecular weight is 1730 g/mol. The van der Waals surface area contributed by atoms with Crippen molar-refractivity contribution in [2.75, 3.05) is 78.5 Å². The highest BCUT2D eigenvalue weighted by Gasteiger charge is 2.18. The molecular weight excluding hydrogens is 1470 g/mol. The maximum atomic E-state index is 5.55. The number of hydrogen-bond donors (Lipinski definition) is 13. The van der Waals surface area contributed by atoms with Crippen LogP contribution in [0.15, 0.2) is 12.7 Å². The minimum absolute atomic E-state index is 0.333. The molecule has 4 atom stereocenters. The van der Waals surface area contributed by atoms with Gasteiger partial charge in [0.2, 0.25) is 0 Å². The van der Waals surface area contributed by atoms with Gasteiger partial charge in [-0.1, -0.05) is 411 Å². The first-order chi connectivity index (χ1) is 55.6. The van der Waals surface area contributed by atoms with Gasteiger partial charge in [0.15, 0.2) is 0 Å². The van der Waals surface area contributed by atoms with Crippen molar-refractivity contribution in [1.29, 1.82) is 0 Å². The van der Waals surface area contributed by atoms with Gasteiger partial charge in [-0.15, -0.1) is 6.58 Å². The van der Waals surface area contributed by atoms with Crippen LogP contribution in [-0.4, -0.2) is 90.6 Å². The van der Waals surface area contributed by atoms with Gasteiger partial charge in [0.05, 0.1) is 0 Å². The van der Waals surface area contributed by atoms with E-state index in [-0.39, 0.29) is 0 Å². The minimum Gasteiger partial charge on any atom is -0.330 e. The molecule has 0 aliphatic carbocycles. The molecule has 750 valence electrons. The quantitative estimate of drug-likeness (QED) is 0.0199. The molecule has 0 aromatic heterocycles. The van der Waals surface area contributed by atoms with Gasteiger partial charge in [-0.3, -0.25) is 0 Å². The van der Waals surface area contributed by atoms with Gasteiger partial charge in [-0.2, -0.15) is 0 Å². The summed E-state index contributed by atoms with van der Waals surface area (Å²) in [5.74, 6) is 5.52. The summed E-state index contributed by atoms with van der Waals surface area (Å²) in [5, 5.41) is 3.37. The Morgan fingerprint density at radius 3 is 0.792 bits per heavy atom. The Bertz CT molecular complexity index is 1580. The van der Waals surface area contributed by atoms with E-state index in [0.717, 1.165) is 121 Å². The topological polar surface area (TPSA) is 324 Å². The molecule has 120 heavy (non-hydrogen) atoms.